The Labute approximate surface area is 193 Å². The summed E-state index contributed by atoms with van der Waals surface area (Å²) in [5.41, 5.74) is 10.2. The molecule has 4 rings (SSSR count). The van der Waals surface area contributed by atoms with E-state index in [9.17, 15) is 4.21 Å². The quantitative estimate of drug-likeness (QED) is 0.508. The SMILES string of the molecule is Cc1ccc2nc(N3CCC(F)(P)c4ccccc4C3)cc(NCCS(=O)CCN)c2c1. The van der Waals surface area contributed by atoms with Gasteiger partial charge in [0.2, 0.25) is 0 Å². The van der Waals surface area contributed by atoms with Crippen molar-refractivity contribution in [1.82, 2.24) is 4.98 Å². The highest BCUT2D eigenvalue weighted by molar-refractivity contribution is 7.85. The van der Waals surface area contributed by atoms with Gasteiger partial charge >= 0.3 is 0 Å². The molecule has 0 saturated carbocycles. The lowest BCUT2D eigenvalue weighted by Crippen LogP contribution is -2.25. The van der Waals surface area contributed by atoms with Gasteiger partial charge in [0.1, 0.15) is 5.82 Å². The molecule has 0 bridgehead atoms. The van der Waals surface area contributed by atoms with Gasteiger partial charge in [-0.25, -0.2) is 9.37 Å². The Morgan fingerprint density at radius 1 is 1.25 bits per heavy atom. The first-order chi connectivity index (χ1) is 15.4. The number of fused-ring (bicyclic) bond motifs is 2. The number of aromatic nitrogens is 1. The molecule has 2 aromatic carbocycles. The predicted octanol–water partition coefficient (Wildman–Crippen LogP) is 4.07. The predicted molar refractivity (Wildman–Crippen MR) is 137 cm³/mol. The van der Waals surface area contributed by atoms with Crippen LogP contribution in [0.15, 0.2) is 48.5 Å². The van der Waals surface area contributed by atoms with Gasteiger partial charge < -0.3 is 16.0 Å². The summed E-state index contributed by atoms with van der Waals surface area (Å²) < 4.78 is 27.4. The van der Waals surface area contributed by atoms with Crippen LogP contribution in [-0.4, -0.2) is 40.3 Å². The zero-order valence-electron chi connectivity index (χ0n) is 18.3. The molecule has 0 radical (unpaired) electrons. The molecule has 3 atom stereocenters. The molecular formula is C24H30FN4OPS. The minimum Gasteiger partial charge on any atom is -0.383 e. The molecule has 3 N–H and O–H groups in total. The summed E-state index contributed by atoms with van der Waals surface area (Å²) in [4.78, 5) is 7.06. The van der Waals surface area contributed by atoms with Crippen LogP contribution in [0.3, 0.4) is 0 Å². The van der Waals surface area contributed by atoms with Crippen LogP contribution in [0.1, 0.15) is 23.1 Å². The standard InChI is InChI=1S/C24H30FN4OPS/c1-17-6-7-21-19(14-17)22(27-10-13-32(30)12-9-26)15-23(28-21)29-11-8-24(25,31)20-5-3-2-4-18(20)16-29/h2-7,14-15H,8-13,16,26,31H2,1H3,(H,27,28). The maximum Gasteiger partial charge on any atom is 0.150 e. The number of hydrogen-bond acceptors (Lipinski definition) is 5. The summed E-state index contributed by atoms with van der Waals surface area (Å²) in [5, 5.41) is 3.03. The summed E-state index contributed by atoms with van der Waals surface area (Å²) >= 11 is 0. The van der Waals surface area contributed by atoms with Crippen molar-refractivity contribution in [3.8, 4) is 0 Å². The van der Waals surface area contributed by atoms with Gasteiger partial charge in [-0.2, -0.15) is 0 Å². The molecule has 0 fully saturated rings. The van der Waals surface area contributed by atoms with Crippen LogP contribution in [0.5, 0.6) is 0 Å². The zero-order chi connectivity index (χ0) is 22.7. The number of benzene rings is 2. The monoisotopic (exact) mass is 472 g/mol. The Morgan fingerprint density at radius 3 is 2.88 bits per heavy atom. The Hall–Kier alpha value is -2.08. The van der Waals surface area contributed by atoms with Gasteiger partial charge in [0.15, 0.2) is 5.41 Å². The minimum absolute atomic E-state index is 0.364. The van der Waals surface area contributed by atoms with Gasteiger partial charge in [-0.1, -0.05) is 45.1 Å². The van der Waals surface area contributed by atoms with Crippen molar-refractivity contribution in [3.63, 3.8) is 0 Å². The summed E-state index contributed by atoms with van der Waals surface area (Å²) in [7, 11) is 1.46. The van der Waals surface area contributed by atoms with Gasteiger partial charge in [0.25, 0.3) is 0 Å². The molecule has 8 heteroatoms. The third-order valence-corrected chi connectivity index (χ3v) is 7.79. The first kappa shape index (κ1) is 23.1. The number of aryl methyl sites for hydroxylation is 1. The van der Waals surface area contributed by atoms with Gasteiger partial charge in [0, 0.05) is 72.0 Å². The molecule has 2 heterocycles. The second-order valence-corrected chi connectivity index (χ2v) is 10.9. The van der Waals surface area contributed by atoms with E-state index in [-0.39, 0.29) is 0 Å². The third kappa shape index (κ3) is 5.11. The molecule has 170 valence electrons. The number of anilines is 2. The van der Waals surface area contributed by atoms with E-state index in [0.717, 1.165) is 39.1 Å². The number of nitrogens with two attached hydrogens (primary N) is 1. The summed E-state index contributed by atoms with van der Waals surface area (Å²) in [6.07, 6.45) is 0.364. The number of rotatable bonds is 7. The zero-order valence-corrected chi connectivity index (χ0v) is 20.3. The van der Waals surface area contributed by atoms with Crippen LogP contribution in [-0.2, 0) is 22.8 Å². The van der Waals surface area contributed by atoms with E-state index in [1.54, 1.807) is 0 Å². The largest absolute Gasteiger partial charge is 0.383 e. The molecule has 3 aromatic rings. The molecule has 0 saturated heterocycles. The lowest BCUT2D eigenvalue weighted by atomic mass is 10.0. The van der Waals surface area contributed by atoms with E-state index in [0.29, 0.717) is 44.1 Å². The van der Waals surface area contributed by atoms with Crippen molar-refractivity contribution >= 4 is 42.4 Å². The van der Waals surface area contributed by atoms with Crippen LogP contribution < -0.4 is 16.0 Å². The van der Waals surface area contributed by atoms with Crippen LogP contribution in [0, 0.1) is 6.92 Å². The van der Waals surface area contributed by atoms with E-state index in [4.69, 9.17) is 10.7 Å². The van der Waals surface area contributed by atoms with Gasteiger partial charge in [0.05, 0.1) is 5.52 Å². The Bertz CT molecular complexity index is 1140. The molecule has 1 aliphatic rings. The van der Waals surface area contributed by atoms with Crippen molar-refractivity contribution in [2.45, 2.75) is 25.3 Å². The number of nitrogens with zero attached hydrogens (tertiary/aromatic N) is 2. The molecule has 1 aliphatic heterocycles. The fraction of sp³-hybridized carbons (Fsp3) is 0.375. The van der Waals surface area contributed by atoms with Gasteiger partial charge in [-0.3, -0.25) is 4.21 Å². The lowest BCUT2D eigenvalue weighted by molar-refractivity contribution is 0.280. The number of nitrogens with one attached hydrogen (secondary N) is 1. The summed E-state index contributed by atoms with van der Waals surface area (Å²) in [6, 6.07) is 15.9. The van der Waals surface area contributed by atoms with Crippen molar-refractivity contribution in [3.05, 3.63) is 65.2 Å². The second kappa shape index (κ2) is 9.82. The van der Waals surface area contributed by atoms with Crippen LogP contribution in [0.2, 0.25) is 0 Å². The molecule has 0 aliphatic carbocycles. The van der Waals surface area contributed by atoms with E-state index >= 15 is 4.39 Å². The topological polar surface area (TPSA) is 71.2 Å². The lowest BCUT2D eigenvalue weighted by Gasteiger charge is -2.24. The minimum atomic E-state index is -1.45. The molecule has 3 unspecified atom stereocenters. The highest BCUT2D eigenvalue weighted by Crippen LogP contribution is 2.42. The normalized spacial score (nSPS) is 19.4. The van der Waals surface area contributed by atoms with Crippen molar-refractivity contribution in [2.24, 2.45) is 5.73 Å². The number of hydrogen-bond donors (Lipinski definition) is 2. The molecule has 1 aromatic heterocycles. The van der Waals surface area contributed by atoms with E-state index in [2.05, 4.69) is 32.4 Å². The maximum absolute atomic E-state index is 15.4. The van der Waals surface area contributed by atoms with Crippen molar-refractivity contribution in [1.29, 1.82) is 0 Å². The van der Waals surface area contributed by atoms with Crippen LogP contribution >= 0.6 is 9.24 Å². The fourth-order valence-corrected chi connectivity index (χ4v) is 5.35. The smallest absolute Gasteiger partial charge is 0.150 e. The molecule has 0 amide bonds. The molecule has 0 spiro atoms. The average Bonchev–Trinajstić information content (AvgIpc) is 2.90. The molecule has 32 heavy (non-hydrogen) atoms. The third-order valence-electron chi connectivity index (χ3n) is 5.84. The first-order valence-electron chi connectivity index (χ1n) is 10.9. The number of halogens is 1. The second-order valence-electron chi connectivity index (χ2n) is 8.30. The van der Waals surface area contributed by atoms with Gasteiger partial charge in [-0.05, 0) is 30.2 Å². The summed E-state index contributed by atoms with van der Waals surface area (Å²) in [6.45, 7) is 4.22. The molecule has 5 nitrogen and oxygen atoms in total. The Kier molecular flexibility index (Phi) is 7.08. The Balaban J connectivity index is 1.67. The van der Waals surface area contributed by atoms with Crippen molar-refractivity contribution in [2.75, 3.05) is 41.4 Å². The molecular weight excluding hydrogens is 442 g/mol. The van der Waals surface area contributed by atoms with Gasteiger partial charge in [-0.15, -0.1) is 0 Å². The van der Waals surface area contributed by atoms with Crippen molar-refractivity contribution < 1.29 is 8.60 Å². The van der Waals surface area contributed by atoms with Crippen LogP contribution in [0.4, 0.5) is 15.9 Å². The summed E-state index contributed by atoms with van der Waals surface area (Å²) in [5.74, 6) is 1.86. The Morgan fingerprint density at radius 2 is 2.06 bits per heavy atom. The van der Waals surface area contributed by atoms with E-state index in [1.807, 2.05) is 42.5 Å². The van der Waals surface area contributed by atoms with Crippen LogP contribution in [0.25, 0.3) is 10.9 Å². The maximum atomic E-state index is 15.4. The van der Waals surface area contributed by atoms with E-state index in [1.165, 1.54) is 0 Å². The highest BCUT2D eigenvalue weighted by atomic mass is 32.2. The average molecular weight is 473 g/mol. The number of pyridine rings is 1. The highest BCUT2D eigenvalue weighted by Gasteiger charge is 2.33. The van der Waals surface area contributed by atoms with E-state index < -0.39 is 16.2 Å². The first-order valence-corrected chi connectivity index (χ1v) is 13.0. The number of alkyl halides is 1. The fourth-order valence-electron chi connectivity index (χ4n) is 4.14.